The summed E-state index contributed by atoms with van der Waals surface area (Å²) in [6.45, 7) is 7.24. The summed E-state index contributed by atoms with van der Waals surface area (Å²) in [6, 6.07) is 18.1. The van der Waals surface area contributed by atoms with Gasteiger partial charge in [0, 0.05) is 56.8 Å². The van der Waals surface area contributed by atoms with Crippen LogP contribution in [0.1, 0.15) is 26.2 Å². The van der Waals surface area contributed by atoms with Gasteiger partial charge < -0.3 is 14.6 Å². The van der Waals surface area contributed by atoms with Crippen LogP contribution in [0.5, 0.6) is 5.88 Å². The molecule has 0 saturated carbocycles. The molecule has 0 atom stereocenters. The molecule has 0 aliphatic carbocycles. The molecule has 1 amide bonds. The third-order valence-corrected chi connectivity index (χ3v) is 6.05. The van der Waals surface area contributed by atoms with Gasteiger partial charge in [0.15, 0.2) is 5.69 Å². The number of amides is 1. The second-order valence-corrected chi connectivity index (χ2v) is 8.20. The van der Waals surface area contributed by atoms with Gasteiger partial charge in [-0.3, -0.25) is 9.69 Å². The lowest BCUT2D eigenvalue weighted by atomic mass is 10.2. The first kappa shape index (κ1) is 22.0. The number of azo groups is 1. The smallest absolute Gasteiger partial charge is 0.266 e. The minimum atomic E-state index is -0.264. The number of carbonyl (C=O) groups is 1. The lowest BCUT2D eigenvalue weighted by molar-refractivity contribution is -0.118. The number of aromatic hydroxyl groups is 1. The summed E-state index contributed by atoms with van der Waals surface area (Å²) in [5.41, 5.74) is 2.53. The maximum atomic E-state index is 12.4. The maximum Gasteiger partial charge on any atom is 0.266 e. The molecule has 1 aliphatic heterocycles. The van der Waals surface area contributed by atoms with Gasteiger partial charge in [0.2, 0.25) is 5.88 Å². The zero-order chi connectivity index (χ0) is 22.3. The summed E-state index contributed by atoms with van der Waals surface area (Å²) >= 11 is 0. The SMILES string of the molecule is CCCCn1c(O)c(N=NC(=O)CCN2CCN(c3ccccc3)CC2)c2ccccc21. The van der Waals surface area contributed by atoms with E-state index in [0.29, 0.717) is 25.2 Å². The zero-order valence-corrected chi connectivity index (χ0v) is 18.7. The number of aryl methyl sites for hydroxylation is 1. The fourth-order valence-electron chi connectivity index (χ4n) is 4.19. The van der Waals surface area contributed by atoms with Gasteiger partial charge in [-0.2, -0.15) is 0 Å². The van der Waals surface area contributed by atoms with Crippen molar-refractivity contribution in [1.82, 2.24) is 9.47 Å². The number of hydrogen-bond acceptors (Lipinski definition) is 5. The van der Waals surface area contributed by atoms with Crippen LogP contribution < -0.4 is 4.90 Å². The summed E-state index contributed by atoms with van der Waals surface area (Å²) in [5.74, 6) is -0.187. The van der Waals surface area contributed by atoms with E-state index in [2.05, 4.69) is 51.2 Å². The first-order valence-corrected chi connectivity index (χ1v) is 11.4. The summed E-state index contributed by atoms with van der Waals surface area (Å²) in [6.07, 6.45) is 2.31. The molecule has 0 bridgehead atoms. The molecule has 1 aromatic heterocycles. The van der Waals surface area contributed by atoms with Crippen molar-refractivity contribution < 1.29 is 9.90 Å². The topological polar surface area (TPSA) is 73.4 Å². The van der Waals surface area contributed by atoms with Crippen molar-refractivity contribution in [2.45, 2.75) is 32.7 Å². The first-order chi connectivity index (χ1) is 15.7. The van der Waals surface area contributed by atoms with Crippen molar-refractivity contribution in [3.63, 3.8) is 0 Å². The van der Waals surface area contributed by atoms with E-state index in [1.165, 1.54) is 5.69 Å². The Balaban J connectivity index is 1.33. The Kier molecular flexibility index (Phi) is 7.17. The number of carbonyl (C=O) groups excluding carboxylic acids is 1. The molecule has 1 fully saturated rings. The molecule has 1 aliphatic rings. The Hall–Kier alpha value is -3.19. The van der Waals surface area contributed by atoms with Crippen LogP contribution in [0.3, 0.4) is 0 Å². The lowest BCUT2D eigenvalue weighted by Crippen LogP contribution is -2.46. The quantitative estimate of drug-likeness (QED) is 0.509. The highest BCUT2D eigenvalue weighted by Gasteiger charge is 2.19. The molecule has 1 saturated heterocycles. The van der Waals surface area contributed by atoms with E-state index in [1.807, 2.05) is 34.9 Å². The van der Waals surface area contributed by atoms with Gasteiger partial charge in [-0.1, -0.05) is 49.7 Å². The Morgan fingerprint density at radius 3 is 2.44 bits per heavy atom. The molecule has 2 heterocycles. The normalized spacial score (nSPS) is 15.1. The summed E-state index contributed by atoms with van der Waals surface area (Å²) in [7, 11) is 0. The van der Waals surface area contributed by atoms with Crippen LogP contribution in [-0.2, 0) is 11.3 Å². The second kappa shape index (κ2) is 10.4. The number of benzene rings is 2. The van der Waals surface area contributed by atoms with Crippen molar-refractivity contribution in [3.8, 4) is 5.88 Å². The minimum Gasteiger partial charge on any atom is -0.493 e. The maximum absolute atomic E-state index is 12.4. The van der Waals surface area contributed by atoms with Crippen LogP contribution in [0, 0.1) is 0 Å². The molecule has 4 rings (SSSR count). The summed E-state index contributed by atoms with van der Waals surface area (Å²) in [5, 5.41) is 19.6. The third kappa shape index (κ3) is 4.99. The second-order valence-electron chi connectivity index (χ2n) is 8.20. The molecule has 168 valence electrons. The lowest BCUT2D eigenvalue weighted by Gasteiger charge is -2.35. The largest absolute Gasteiger partial charge is 0.493 e. The highest BCUT2D eigenvalue weighted by atomic mass is 16.3. The van der Waals surface area contributed by atoms with Crippen molar-refractivity contribution in [2.75, 3.05) is 37.6 Å². The van der Waals surface area contributed by atoms with E-state index in [1.54, 1.807) is 0 Å². The Morgan fingerprint density at radius 2 is 1.69 bits per heavy atom. The van der Waals surface area contributed by atoms with Gasteiger partial charge in [-0.25, -0.2) is 0 Å². The number of fused-ring (bicyclic) bond motifs is 1. The van der Waals surface area contributed by atoms with Crippen molar-refractivity contribution in [3.05, 3.63) is 54.6 Å². The number of nitrogens with zero attached hydrogens (tertiary/aromatic N) is 5. The Bertz CT molecular complexity index is 1070. The van der Waals surface area contributed by atoms with Crippen molar-refractivity contribution >= 4 is 28.2 Å². The number of hydrogen-bond donors (Lipinski definition) is 1. The summed E-state index contributed by atoms with van der Waals surface area (Å²) < 4.78 is 1.85. The van der Waals surface area contributed by atoms with E-state index in [0.717, 1.165) is 49.9 Å². The number of para-hydroxylation sites is 2. The summed E-state index contributed by atoms with van der Waals surface area (Å²) in [4.78, 5) is 17.0. The molecule has 0 spiro atoms. The fourth-order valence-corrected chi connectivity index (χ4v) is 4.19. The highest BCUT2D eigenvalue weighted by molar-refractivity contribution is 5.95. The van der Waals surface area contributed by atoms with Gasteiger partial charge in [-0.15, -0.1) is 10.2 Å². The van der Waals surface area contributed by atoms with E-state index in [-0.39, 0.29) is 11.8 Å². The van der Waals surface area contributed by atoms with Gasteiger partial charge >= 0.3 is 0 Å². The van der Waals surface area contributed by atoms with Crippen LogP contribution in [0.4, 0.5) is 11.4 Å². The number of unbranched alkanes of at least 4 members (excludes halogenated alkanes) is 1. The molecule has 1 N–H and O–H groups in total. The van der Waals surface area contributed by atoms with Gasteiger partial charge in [0.25, 0.3) is 5.91 Å². The first-order valence-electron chi connectivity index (χ1n) is 11.4. The van der Waals surface area contributed by atoms with Crippen molar-refractivity contribution in [1.29, 1.82) is 0 Å². The molecular formula is C25H31N5O2. The monoisotopic (exact) mass is 433 g/mol. The Morgan fingerprint density at radius 1 is 0.969 bits per heavy atom. The average molecular weight is 434 g/mol. The van der Waals surface area contributed by atoms with Crippen LogP contribution in [-0.4, -0.2) is 53.2 Å². The minimum absolute atomic E-state index is 0.0771. The molecular weight excluding hydrogens is 402 g/mol. The van der Waals surface area contributed by atoms with Crippen LogP contribution in [0.2, 0.25) is 0 Å². The van der Waals surface area contributed by atoms with E-state index >= 15 is 0 Å². The van der Waals surface area contributed by atoms with E-state index in [9.17, 15) is 9.90 Å². The van der Waals surface area contributed by atoms with Crippen molar-refractivity contribution in [2.24, 2.45) is 10.2 Å². The number of piperazine rings is 1. The molecule has 7 nitrogen and oxygen atoms in total. The highest BCUT2D eigenvalue weighted by Crippen LogP contribution is 2.39. The Labute approximate surface area is 189 Å². The van der Waals surface area contributed by atoms with Crippen LogP contribution in [0.25, 0.3) is 10.9 Å². The fraction of sp³-hybridized carbons (Fsp3) is 0.400. The molecule has 0 radical (unpaired) electrons. The standard InChI is InChI=1S/C25H31N5O2/c1-2-3-14-30-22-12-8-7-11-21(22)24(25(30)32)27-26-23(31)13-15-28-16-18-29(19-17-28)20-9-5-4-6-10-20/h4-12,32H,2-3,13-19H2,1H3. The van der Waals surface area contributed by atoms with Gasteiger partial charge in [0.1, 0.15) is 0 Å². The van der Waals surface area contributed by atoms with E-state index in [4.69, 9.17) is 0 Å². The van der Waals surface area contributed by atoms with Gasteiger partial charge in [0.05, 0.1) is 5.52 Å². The molecule has 3 aromatic rings. The third-order valence-electron chi connectivity index (χ3n) is 6.05. The molecule has 7 heteroatoms. The molecule has 32 heavy (non-hydrogen) atoms. The van der Waals surface area contributed by atoms with E-state index < -0.39 is 0 Å². The van der Waals surface area contributed by atoms with Crippen LogP contribution >= 0.6 is 0 Å². The number of anilines is 1. The van der Waals surface area contributed by atoms with Gasteiger partial charge in [-0.05, 0) is 24.6 Å². The van der Waals surface area contributed by atoms with Crippen LogP contribution in [0.15, 0.2) is 64.8 Å². The molecule has 2 aromatic carbocycles. The predicted octanol–water partition coefficient (Wildman–Crippen LogP) is 4.97. The number of aromatic nitrogens is 1. The average Bonchev–Trinajstić information content (AvgIpc) is 3.11. The zero-order valence-electron chi connectivity index (χ0n) is 18.7. The molecule has 0 unspecified atom stereocenters. The predicted molar refractivity (Wildman–Crippen MR) is 128 cm³/mol. The number of rotatable bonds is 8.